The van der Waals surface area contributed by atoms with Crippen molar-refractivity contribution in [3.8, 4) is 5.75 Å². The summed E-state index contributed by atoms with van der Waals surface area (Å²) in [4.78, 5) is 24.6. The van der Waals surface area contributed by atoms with E-state index in [0.717, 1.165) is 0 Å². The Morgan fingerprint density at radius 3 is 2.50 bits per heavy atom. The molecule has 1 amide bonds. The molecule has 1 heterocycles. The average molecular weight is 249 g/mol. The van der Waals surface area contributed by atoms with E-state index in [4.69, 9.17) is 10.2 Å². The quantitative estimate of drug-likeness (QED) is 0.828. The van der Waals surface area contributed by atoms with E-state index in [1.807, 2.05) is 0 Å². The van der Waals surface area contributed by atoms with Crippen LogP contribution in [0, 0.1) is 5.92 Å². The first kappa shape index (κ1) is 12.4. The Kier molecular flexibility index (Phi) is 3.50. The molecule has 1 aromatic carbocycles. The van der Waals surface area contributed by atoms with E-state index >= 15 is 0 Å². The topological polar surface area (TPSA) is 77.8 Å². The number of phenols is 1. The molecule has 1 aromatic rings. The fraction of sp³-hybridized carbons (Fsp3) is 0.385. The molecule has 0 aliphatic carbocycles. The van der Waals surface area contributed by atoms with Crippen LogP contribution in [-0.4, -0.2) is 40.1 Å². The standard InChI is InChI=1S/C13H15NO4/c15-11-5-3-9(4-6-11)12(16)14-7-1-2-10(8-14)13(17)18/h3-6,10,15H,1-2,7-8H2,(H,17,18). The lowest BCUT2D eigenvalue weighted by Gasteiger charge is -2.30. The first-order chi connectivity index (χ1) is 8.58. The Morgan fingerprint density at radius 1 is 1.22 bits per heavy atom. The lowest BCUT2D eigenvalue weighted by molar-refractivity contribution is -0.143. The number of hydrogen-bond donors (Lipinski definition) is 2. The molecule has 2 rings (SSSR count). The van der Waals surface area contributed by atoms with Crippen molar-refractivity contribution in [1.29, 1.82) is 0 Å². The minimum Gasteiger partial charge on any atom is -0.508 e. The number of nitrogens with zero attached hydrogens (tertiary/aromatic N) is 1. The summed E-state index contributed by atoms with van der Waals surface area (Å²) in [6.45, 7) is 0.846. The SMILES string of the molecule is O=C(O)C1CCCN(C(=O)c2ccc(O)cc2)C1. The monoisotopic (exact) mass is 249 g/mol. The Balaban J connectivity index is 2.09. The molecule has 2 N–H and O–H groups in total. The van der Waals surface area contributed by atoms with Gasteiger partial charge in [0.15, 0.2) is 0 Å². The Hall–Kier alpha value is -2.04. The van der Waals surface area contributed by atoms with Gasteiger partial charge in [0.05, 0.1) is 5.92 Å². The number of piperidine rings is 1. The van der Waals surface area contributed by atoms with Crippen LogP contribution in [0.15, 0.2) is 24.3 Å². The van der Waals surface area contributed by atoms with E-state index < -0.39 is 11.9 Å². The molecule has 96 valence electrons. The second-order valence-corrected chi connectivity index (χ2v) is 4.48. The van der Waals surface area contributed by atoms with Crippen molar-refractivity contribution < 1.29 is 19.8 Å². The van der Waals surface area contributed by atoms with Crippen molar-refractivity contribution in [2.24, 2.45) is 5.92 Å². The number of rotatable bonds is 2. The Morgan fingerprint density at radius 2 is 1.89 bits per heavy atom. The molecule has 1 fully saturated rings. The summed E-state index contributed by atoms with van der Waals surface area (Å²) in [5.41, 5.74) is 0.471. The highest BCUT2D eigenvalue weighted by Crippen LogP contribution is 2.19. The minimum absolute atomic E-state index is 0.105. The molecule has 1 atom stereocenters. The summed E-state index contributed by atoms with van der Waals surface area (Å²) in [6, 6.07) is 5.99. The predicted molar refractivity (Wildman–Crippen MR) is 64.4 cm³/mol. The number of phenolic OH excluding ortho intramolecular Hbond substituents is 1. The third kappa shape index (κ3) is 2.61. The van der Waals surface area contributed by atoms with E-state index in [-0.39, 0.29) is 18.2 Å². The first-order valence-electron chi connectivity index (χ1n) is 5.89. The van der Waals surface area contributed by atoms with Gasteiger partial charge in [0, 0.05) is 18.7 Å². The van der Waals surface area contributed by atoms with Crippen LogP contribution in [0.2, 0.25) is 0 Å². The maximum atomic E-state index is 12.1. The van der Waals surface area contributed by atoms with E-state index in [1.54, 1.807) is 17.0 Å². The van der Waals surface area contributed by atoms with Gasteiger partial charge in [-0.25, -0.2) is 0 Å². The van der Waals surface area contributed by atoms with Crippen molar-refractivity contribution >= 4 is 11.9 Å². The lowest BCUT2D eigenvalue weighted by Crippen LogP contribution is -2.42. The summed E-state index contributed by atoms with van der Waals surface area (Å²) in [5, 5.41) is 18.1. The highest BCUT2D eigenvalue weighted by atomic mass is 16.4. The zero-order valence-electron chi connectivity index (χ0n) is 9.87. The highest BCUT2D eigenvalue weighted by Gasteiger charge is 2.28. The number of aliphatic carboxylic acids is 1. The number of benzene rings is 1. The van der Waals surface area contributed by atoms with E-state index in [0.29, 0.717) is 24.9 Å². The van der Waals surface area contributed by atoms with Crippen molar-refractivity contribution in [2.75, 3.05) is 13.1 Å². The molecule has 5 heteroatoms. The second-order valence-electron chi connectivity index (χ2n) is 4.48. The molecule has 0 bridgehead atoms. The number of hydrogen-bond acceptors (Lipinski definition) is 3. The van der Waals surface area contributed by atoms with Gasteiger partial charge in [0.25, 0.3) is 5.91 Å². The van der Waals surface area contributed by atoms with Gasteiger partial charge < -0.3 is 15.1 Å². The van der Waals surface area contributed by atoms with Crippen LogP contribution in [0.25, 0.3) is 0 Å². The smallest absolute Gasteiger partial charge is 0.308 e. The molecule has 18 heavy (non-hydrogen) atoms. The first-order valence-corrected chi connectivity index (χ1v) is 5.89. The molecule has 0 saturated carbocycles. The molecule has 0 aromatic heterocycles. The summed E-state index contributed by atoms with van der Waals surface area (Å²) in [6.07, 6.45) is 1.33. The number of carbonyl (C=O) groups excluding carboxylic acids is 1. The maximum absolute atomic E-state index is 12.1. The van der Waals surface area contributed by atoms with Crippen molar-refractivity contribution in [3.63, 3.8) is 0 Å². The van der Waals surface area contributed by atoms with Crippen LogP contribution in [0.5, 0.6) is 5.75 Å². The number of amides is 1. The molecule has 0 radical (unpaired) electrons. The Labute approximate surface area is 105 Å². The van der Waals surface area contributed by atoms with Gasteiger partial charge in [0.2, 0.25) is 0 Å². The fourth-order valence-electron chi connectivity index (χ4n) is 2.15. The number of likely N-dealkylation sites (tertiary alicyclic amines) is 1. The van der Waals surface area contributed by atoms with Crippen LogP contribution in [0.3, 0.4) is 0 Å². The maximum Gasteiger partial charge on any atom is 0.308 e. The normalized spacial score (nSPS) is 19.6. The molecule has 1 saturated heterocycles. The summed E-state index contributed by atoms with van der Waals surface area (Å²) in [7, 11) is 0. The van der Waals surface area contributed by atoms with E-state index in [1.165, 1.54) is 12.1 Å². The van der Waals surface area contributed by atoms with Crippen molar-refractivity contribution in [1.82, 2.24) is 4.90 Å². The molecule has 0 spiro atoms. The van der Waals surface area contributed by atoms with Crippen molar-refractivity contribution in [2.45, 2.75) is 12.8 Å². The van der Waals surface area contributed by atoms with E-state index in [2.05, 4.69) is 0 Å². The van der Waals surface area contributed by atoms with Crippen LogP contribution in [0.1, 0.15) is 23.2 Å². The number of carbonyl (C=O) groups is 2. The number of carboxylic acid groups (broad SMARTS) is 1. The molecule has 1 aliphatic heterocycles. The van der Waals surface area contributed by atoms with Gasteiger partial charge in [-0.15, -0.1) is 0 Å². The predicted octanol–water partition coefficient (Wildman–Crippen LogP) is 1.33. The van der Waals surface area contributed by atoms with Gasteiger partial charge in [-0.3, -0.25) is 9.59 Å². The van der Waals surface area contributed by atoms with Gasteiger partial charge in [-0.2, -0.15) is 0 Å². The average Bonchev–Trinajstić information content (AvgIpc) is 2.39. The van der Waals surface area contributed by atoms with Gasteiger partial charge >= 0.3 is 5.97 Å². The highest BCUT2D eigenvalue weighted by molar-refractivity contribution is 5.94. The fourth-order valence-corrected chi connectivity index (χ4v) is 2.15. The van der Waals surface area contributed by atoms with Crippen LogP contribution < -0.4 is 0 Å². The van der Waals surface area contributed by atoms with Crippen LogP contribution >= 0.6 is 0 Å². The van der Waals surface area contributed by atoms with Gasteiger partial charge in [0.1, 0.15) is 5.75 Å². The van der Waals surface area contributed by atoms with Crippen LogP contribution in [-0.2, 0) is 4.79 Å². The lowest BCUT2D eigenvalue weighted by atomic mass is 9.97. The largest absolute Gasteiger partial charge is 0.508 e. The van der Waals surface area contributed by atoms with Crippen LogP contribution in [0.4, 0.5) is 0 Å². The Bertz CT molecular complexity index is 455. The molecule has 1 unspecified atom stereocenters. The molecule has 1 aliphatic rings. The van der Waals surface area contributed by atoms with Gasteiger partial charge in [-0.1, -0.05) is 0 Å². The van der Waals surface area contributed by atoms with E-state index in [9.17, 15) is 9.59 Å². The summed E-state index contributed by atoms with van der Waals surface area (Å²) >= 11 is 0. The van der Waals surface area contributed by atoms with Crippen molar-refractivity contribution in [3.05, 3.63) is 29.8 Å². The second kappa shape index (κ2) is 5.08. The molecular formula is C13H15NO4. The zero-order chi connectivity index (χ0) is 13.1. The molecule has 5 nitrogen and oxygen atoms in total. The number of aromatic hydroxyl groups is 1. The summed E-state index contributed by atoms with van der Waals surface area (Å²) in [5.74, 6) is -1.40. The number of carboxylic acids is 1. The minimum atomic E-state index is -0.849. The zero-order valence-corrected chi connectivity index (χ0v) is 9.87. The summed E-state index contributed by atoms with van der Waals surface area (Å²) < 4.78 is 0. The van der Waals surface area contributed by atoms with Gasteiger partial charge in [-0.05, 0) is 37.1 Å². The third-order valence-electron chi connectivity index (χ3n) is 3.17. The molecular weight excluding hydrogens is 234 g/mol. The third-order valence-corrected chi connectivity index (χ3v) is 3.17.